The van der Waals surface area contributed by atoms with E-state index in [2.05, 4.69) is 22.2 Å². The fraction of sp³-hybridized carbons (Fsp3) is 0.533. The van der Waals surface area contributed by atoms with Crippen molar-refractivity contribution in [1.29, 1.82) is 0 Å². The number of carbonyl (C=O) groups excluding carboxylic acids is 1. The van der Waals surface area contributed by atoms with E-state index in [0.29, 0.717) is 17.8 Å². The number of amides is 1. The molecule has 1 fully saturated rings. The van der Waals surface area contributed by atoms with E-state index in [-0.39, 0.29) is 5.91 Å². The maximum absolute atomic E-state index is 12.0. The lowest BCUT2D eigenvalue weighted by Gasteiger charge is -2.19. The molecule has 1 amide bonds. The molecule has 0 unspecified atom stereocenters. The lowest BCUT2D eigenvalue weighted by Crippen LogP contribution is -2.31. The predicted octanol–water partition coefficient (Wildman–Crippen LogP) is 1.23. The van der Waals surface area contributed by atoms with Crippen molar-refractivity contribution in [2.24, 2.45) is 0 Å². The molecule has 2 rings (SSSR count). The zero-order valence-corrected chi connectivity index (χ0v) is 12.1. The van der Waals surface area contributed by atoms with Gasteiger partial charge in [-0.05, 0) is 38.7 Å². The Hall–Kier alpha value is -1.59. The van der Waals surface area contributed by atoms with Crippen LogP contribution in [0.1, 0.15) is 12.8 Å². The van der Waals surface area contributed by atoms with Crippen LogP contribution in [0.15, 0.2) is 24.3 Å². The number of nitrogen functional groups attached to an aromatic ring is 1. The maximum Gasteiger partial charge on any atom is 0.225 e. The van der Waals surface area contributed by atoms with Gasteiger partial charge in [0.15, 0.2) is 0 Å². The highest BCUT2D eigenvalue weighted by Gasteiger charge is 2.13. The van der Waals surface area contributed by atoms with Crippen LogP contribution in [0.5, 0.6) is 0 Å². The predicted molar refractivity (Wildman–Crippen MR) is 82.7 cm³/mol. The summed E-state index contributed by atoms with van der Waals surface area (Å²) in [5, 5.41) is 2.87. The molecular formula is C15H24N4O. The van der Waals surface area contributed by atoms with E-state index in [1.165, 1.54) is 6.42 Å². The Balaban J connectivity index is 1.76. The van der Waals surface area contributed by atoms with Gasteiger partial charge in [-0.2, -0.15) is 0 Å². The molecule has 0 radical (unpaired) electrons. The van der Waals surface area contributed by atoms with Gasteiger partial charge in [-0.3, -0.25) is 4.79 Å². The molecule has 5 nitrogen and oxygen atoms in total. The first-order valence-corrected chi connectivity index (χ1v) is 7.20. The molecule has 20 heavy (non-hydrogen) atoms. The van der Waals surface area contributed by atoms with Gasteiger partial charge in [0.25, 0.3) is 0 Å². The zero-order valence-electron chi connectivity index (χ0n) is 12.1. The summed E-state index contributed by atoms with van der Waals surface area (Å²) < 4.78 is 0. The highest BCUT2D eigenvalue weighted by molar-refractivity contribution is 5.93. The van der Waals surface area contributed by atoms with E-state index in [4.69, 9.17) is 5.73 Å². The molecule has 0 saturated carbocycles. The molecule has 1 aromatic carbocycles. The maximum atomic E-state index is 12.0. The third kappa shape index (κ3) is 4.51. The molecule has 1 aromatic rings. The van der Waals surface area contributed by atoms with Gasteiger partial charge in [0.1, 0.15) is 0 Å². The summed E-state index contributed by atoms with van der Waals surface area (Å²) in [4.78, 5) is 16.7. The lowest BCUT2D eigenvalue weighted by molar-refractivity contribution is -0.116. The molecular weight excluding hydrogens is 252 g/mol. The molecule has 1 aliphatic heterocycles. The van der Waals surface area contributed by atoms with Crippen molar-refractivity contribution in [3.05, 3.63) is 24.3 Å². The third-order valence-electron chi connectivity index (χ3n) is 3.70. The number of benzene rings is 1. The van der Waals surface area contributed by atoms with Crippen molar-refractivity contribution in [1.82, 2.24) is 9.80 Å². The summed E-state index contributed by atoms with van der Waals surface area (Å²) in [6, 6.07) is 7.35. The molecule has 1 heterocycles. The molecule has 0 spiro atoms. The lowest BCUT2D eigenvalue weighted by atomic mass is 10.2. The van der Waals surface area contributed by atoms with Crippen LogP contribution in [-0.2, 0) is 4.79 Å². The summed E-state index contributed by atoms with van der Waals surface area (Å²) in [7, 11) is 2.15. The monoisotopic (exact) mass is 276 g/mol. The quantitative estimate of drug-likeness (QED) is 0.812. The summed E-state index contributed by atoms with van der Waals surface area (Å²) in [5.74, 6) is 0.0282. The molecule has 0 aromatic heterocycles. The Morgan fingerprint density at radius 2 is 2.05 bits per heavy atom. The molecule has 110 valence electrons. The van der Waals surface area contributed by atoms with E-state index in [9.17, 15) is 4.79 Å². The van der Waals surface area contributed by atoms with Crippen LogP contribution >= 0.6 is 0 Å². The van der Waals surface area contributed by atoms with Crippen molar-refractivity contribution in [2.45, 2.75) is 12.8 Å². The van der Waals surface area contributed by atoms with Gasteiger partial charge >= 0.3 is 0 Å². The summed E-state index contributed by atoms with van der Waals surface area (Å²) >= 11 is 0. The van der Waals surface area contributed by atoms with E-state index in [0.717, 1.165) is 32.7 Å². The van der Waals surface area contributed by atoms with Gasteiger partial charge in [0, 0.05) is 26.1 Å². The molecule has 0 bridgehead atoms. The Bertz CT molecular complexity index is 449. The van der Waals surface area contributed by atoms with Gasteiger partial charge < -0.3 is 20.9 Å². The number of rotatable bonds is 4. The minimum Gasteiger partial charge on any atom is -0.397 e. The first-order chi connectivity index (χ1) is 9.65. The van der Waals surface area contributed by atoms with E-state index in [1.54, 1.807) is 6.07 Å². The molecule has 0 atom stereocenters. The number of para-hydroxylation sites is 2. The van der Waals surface area contributed by atoms with Crippen molar-refractivity contribution in [3.8, 4) is 0 Å². The first kappa shape index (κ1) is 14.8. The van der Waals surface area contributed by atoms with Gasteiger partial charge in [-0.25, -0.2) is 0 Å². The van der Waals surface area contributed by atoms with Gasteiger partial charge in [-0.15, -0.1) is 0 Å². The van der Waals surface area contributed by atoms with Crippen LogP contribution in [0.3, 0.4) is 0 Å². The highest BCUT2D eigenvalue weighted by atomic mass is 16.1. The van der Waals surface area contributed by atoms with Crippen molar-refractivity contribution in [3.63, 3.8) is 0 Å². The van der Waals surface area contributed by atoms with Crippen molar-refractivity contribution < 1.29 is 4.79 Å². The molecule has 1 aliphatic rings. The van der Waals surface area contributed by atoms with E-state index < -0.39 is 0 Å². The third-order valence-corrected chi connectivity index (χ3v) is 3.70. The number of hydrogen-bond acceptors (Lipinski definition) is 4. The van der Waals surface area contributed by atoms with Crippen LogP contribution in [-0.4, -0.2) is 55.5 Å². The number of hydrogen-bond donors (Lipinski definition) is 2. The second kappa shape index (κ2) is 7.26. The Morgan fingerprint density at radius 3 is 2.85 bits per heavy atom. The summed E-state index contributed by atoms with van der Waals surface area (Å²) in [6.07, 6.45) is 1.68. The van der Waals surface area contributed by atoms with Crippen LogP contribution in [0.2, 0.25) is 0 Å². The van der Waals surface area contributed by atoms with Crippen molar-refractivity contribution >= 4 is 17.3 Å². The van der Waals surface area contributed by atoms with E-state index in [1.807, 2.05) is 18.2 Å². The Morgan fingerprint density at radius 1 is 1.25 bits per heavy atom. The molecule has 5 heteroatoms. The fourth-order valence-corrected chi connectivity index (χ4v) is 2.41. The van der Waals surface area contributed by atoms with Gasteiger partial charge in [0.2, 0.25) is 5.91 Å². The standard InChI is InChI=1S/C15H24N4O/c1-18-8-4-9-19(12-11-18)10-7-15(20)17-14-6-3-2-5-13(14)16/h2-3,5-6H,4,7-12,16H2,1H3,(H,17,20). The van der Waals surface area contributed by atoms with Crippen molar-refractivity contribution in [2.75, 3.05) is 50.8 Å². The number of anilines is 2. The number of nitrogens with one attached hydrogen (secondary N) is 1. The zero-order chi connectivity index (χ0) is 14.4. The van der Waals surface area contributed by atoms with Crippen LogP contribution in [0.25, 0.3) is 0 Å². The molecule has 0 aliphatic carbocycles. The minimum atomic E-state index is 0.0282. The van der Waals surface area contributed by atoms with E-state index >= 15 is 0 Å². The largest absolute Gasteiger partial charge is 0.397 e. The van der Waals surface area contributed by atoms with Crippen LogP contribution in [0, 0.1) is 0 Å². The SMILES string of the molecule is CN1CCCN(CCC(=O)Nc2ccccc2N)CC1. The normalized spacial score (nSPS) is 17.6. The summed E-state index contributed by atoms with van der Waals surface area (Å²) in [5.41, 5.74) is 7.12. The number of likely N-dealkylation sites (N-methyl/N-ethyl adjacent to an activating group) is 1. The second-order valence-electron chi connectivity index (χ2n) is 5.38. The Kier molecular flexibility index (Phi) is 5.38. The minimum absolute atomic E-state index is 0.0282. The van der Waals surface area contributed by atoms with Crippen LogP contribution in [0.4, 0.5) is 11.4 Å². The Labute approximate surface area is 120 Å². The summed E-state index contributed by atoms with van der Waals surface area (Å²) in [6.45, 7) is 5.14. The molecule has 1 saturated heterocycles. The van der Waals surface area contributed by atoms with Gasteiger partial charge in [-0.1, -0.05) is 12.1 Å². The fourth-order valence-electron chi connectivity index (χ4n) is 2.41. The number of nitrogens with two attached hydrogens (primary N) is 1. The second-order valence-corrected chi connectivity index (χ2v) is 5.38. The average Bonchev–Trinajstić information content (AvgIpc) is 2.64. The highest BCUT2D eigenvalue weighted by Crippen LogP contribution is 2.16. The topological polar surface area (TPSA) is 61.6 Å². The number of nitrogens with zero attached hydrogens (tertiary/aromatic N) is 2. The molecule has 3 N–H and O–H groups in total. The first-order valence-electron chi connectivity index (χ1n) is 7.20. The van der Waals surface area contributed by atoms with Crippen LogP contribution < -0.4 is 11.1 Å². The average molecular weight is 276 g/mol. The van der Waals surface area contributed by atoms with Gasteiger partial charge in [0.05, 0.1) is 11.4 Å². The smallest absolute Gasteiger partial charge is 0.225 e. The number of carbonyl (C=O) groups is 1.